The molecule has 2 amide bonds. The molecule has 10 heteroatoms. The van der Waals surface area contributed by atoms with Crippen LogP contribution in [-0.4, -0.2) is 21.1 Å². The Hall–Kier alpha value is -2.10. The number of rotatable bonds is 4. The zero-order chi connectivity index (χ0) is 23.1. The first-order valence-corrected chi connectivity index (χ1v) is 13.0. The first-order chi connectivity index (χ1) is 15.9. The minimum absolute atomic E-state index is 0.258. The fraction of sp³-hybridized carbons (Fsp3) is 0.174. The van der Waals surface area contributed by atoms with Crippen molar-refractivity contribution in [2.24, 2.45) is 0 Å². The summed E-state index contributed by atoms with van der Waals surface area (Å²) in [5, 5.41) is 4.03. The molecule has 0 unspecified atom stereocenters. The molecular formula is C23H16Cl2N2O3S3. The summed E-state index contributed by atoms with van der Waals surface area (Å²) in [5.41, 5.74) is 5.05. The molecule has 1 aliphatic carbocycles. The number of aryl methyl sites for hydroxylation is 1. The Kier molecular flexibility index (Phi) is 6.37. The van der Waals surface area contributed by atoms with Crippen LogP contribution in [0.4, 0.5) is 0 Å². The first kappa shape index (κ1) is 22.7. The van der Waals surface area contributed by atoms with Gasteiger partial charge in [0.2, 0.25) is 0 Å². The van der Waals surface area contributed by atoms with Gasteiger partial charge in [0.1, 0.15) is 11.5 Å². The quantitative estimate of drug-likeness (QED) is 0.296. The summed E-state index contributed by atoms with van der Waals surface area (Å²) in [6.07, 6.45) is 5.70. The van der Waals surface area contributed by atoms with Crippen LogP contribution in [0.2, 0.25) is 10.0 Å². The number of nitrogens with one attached hydrogen (secondary N) is 1. The monoisotopic (exact) mass is 534 g/mol. The highest BCUT2D eigenvalue weighted by molar-refractivity contribution is 8.26. The van der Waals surface area contributed by atoms with E-state index in [0.717, 1.165) is 48.0 Å². The molecule has 3 heterocycles. The molecule has 0 atom stereocenters. The number of furan rings is 1. The van der Waals surface area contributed by atoms with Crippen molar-refractivity contribution in [3.05, 3.63) is 72.4 Å². The number of thiophene rings is 1. The van der Waals surface area contributed by atoms with E-state index in [4.69, 9.17) is 39.8 Å². The second-order valence-corrected chi connectivity index (χ2v) is 11.0. The van der Waals surface area contributed by atoms with Gasteiger partial charge in [0.15, 0.2) is 4.32 Å². The smallest absolute Gasteiger partial charge is 0.285 e. The minimum atomic E-state index is -0.402. The molecule has 3 aromatic rings. The molecule has 1 N–H and O–H groups in total. The molecular weight excluding hydrogens is 519 g/mol. The number of hydrazine groups is 1. The van der Waals surface area contributed by atoms with Crippen LogP contribution >= 0.6 is 58.5 Å². The van der Waals surface area contributed by atoms with Crippen LogP contribution in [0.3, 0.4) is 0 Å². The standard InChI is InChI=1S/C23H16Cl2N2O3S3/c24-12-5-7-17(25)15(9-12)18-8-6-13(30-18)10-20-22(29)27(23(31)33-20)26-21(28)16-11-32-19-4-2-1-3-14(16)19/h5-11H,1-4H2,(H,26,28)/b20-10-. The molecule has 1 fully saturated rings. The number of halogens is 2. The van der Waals surface area contributed by atoms with Crippen LogP contribution in [0.5, 0.6) is 0 Å². The number of fused-ring (bicyclic) bond motifs is 1. The number of carbonyl (C=O) groups excluding carboxylic acids is 2. The van der Waals surface area contributed by atoms with E-state index in [1.165, 1.54) is 4.88 Å². The van der Waals surface area contributed by atoms with Crippen molar-refractivity contribution >= 4 is 80.7 Å². The van der Waals surface area contributed by atoms with Gasteiger partial charge in [0.25, 0.3) is 11.8 Å². The minimum Gasteiger partial charge on any atom is -0.457 e. The molecule has 168 valence electrons. The zero-order valence-electron chi connectivity index (χ0n) is 17.0. The Balaban J connectivity index is 1.34. The Labute approximate surface area is 213 Å². The van der Waals surface area contributed by atoms with Crippen LogP contribution in [0, 0.1) is 0 Å². The van der Waals surface area contributed by atoms with Gasteiger partial charge in [-0.25, -0.2) is 0 Å². The fourth-order valence-electron chi connectivity index (χ4n) is 3.80. The maximum atomic E-state index is 12.9. The summed E-state index contributed by atoms with van der Waals surface area (Å²) in [6.45, 7) is 0. The highest BCUT2D eigenvalue weighted by Crippen LogP contribution is 2.36. The van der Waals surface area contributed by atoms with Gasteiger partial charge in [-0.05, 0) is 73.8 Å². The van der Waals surface area contributed by atoms with Gasteiger partial charge < -0.3 is 4.42 Å². The number of nitrogens with zero attached hydrogens (tertiary/aromatic N) is 1. The SMILES string of the molecule is O=C(NN1C(=O)/C(=C/c2ccc(-c3cc(Cl)ccc3Cl)o2)SC1=S)c1csc2c1CCCC2. The number of benzene rings is 1. The van der Waals surface area contributed by atoms with E-state index in [1.807, 2.05) is 5.38 Å². The summed E-state index contributed by atoms with van der Waals surface area (Å²) in [7, 11) is 0. The van der Waals surface area contributed by atoms with E-state index in [0.29, 0.717) is 37.6 Å². The summed E-state index contributed by atoms with van der Waals surface area (Å²) < 4.78 is 6.11. The lowest BCUT2D eigenvalue weighted by Crippen LogP contribution is -2.45. The van der Waals surface area contributed by atoms with Crippen LogP contribution < -0.4 is 5.43 Å². The third kappa shape index (κ3) is 4.50. The number of carbonyl (C=O) groups is 2. The Bertz CT molecular complexity index is 1330. The lowest BCUT2D eigenvalue weighted by molar-refractivity contribution is -0.123. The van der Waals surface area contributed by atoms with Crippen LogP contribution in [-0.2, 0) is 17.6 Å². The molecule has 0 spiro atoms. The lowest BCUT2D eigenvalue weighted by Gasteiger charge is -2.17. The average molecular weight is 535 g/mol. The van der Waals surface area contributed by atoms with E-state index in [-0.39, 0.29) is 10.2 Å². The maximum absolute atomic E-state index is 12.9. The highest BCUT2D eigenvalue weighted by Gasteiger charge is 2.35. The van der Waals surface area contributed by atoms with Crippen molar-refractivity contribution in [2.45, 2.75) is 25.7 Å². The topological polar surface area (TPSA) is 62.6 Å². The van der Waals surface area contributed by atoms with Crippen LogP contribution in [0.15, 0.2) is 45.0 Å². The van der Waals surface area contributed by atoms with Gasteiger partial charge in [-0.2, -0.15) is 5.01 Å². The van der Waals surface area contributed by atoms with E-state index in [2.05, 4.69) is 5.43 Å². The second kappa shape index (κ2) is 9.27. The predicted molar refractivity (Wildman–Crippen MR) is 138 cm³/mol. The lowest BCUT2D eigenvalue weighted by atomic mass is 9.96. The zero-order valence-corrected chi connectivity index (χ0v) is 21.0. The van der Waals surface area contributed by atoms with Gasteiger partial charge in [0.05, 0.1) is 15.5 Å². The maximum Gasteiger partial charge on any atom is 0.285 e. The molecule has 5 rings (SSSR count). The fourth-order valence-corrected chi connectivity index (χ4v) is 6.47. The van der Waals surface area contributed by atoms with Crippen LogP contribution in [0.25, 0.3) is 17.4 Å². The number of hydrogen-bond donors (Lipinski definition) is 1. The van der Waals surface area contributed by atoms with Crippen molar-refractivity contribution in [3.8, 4) is 11.3 Å². The molecule has 1 aliphatic heterocycles. The molecule has 1 aromatic carbocycles. The van der Waals surface area contributed by atoms with Crippen molar-refractivity contribution in [1.29, 1.82) is 0 Å². The Morgan fingerprint density at radius 2 is 2.00 bits per heavy atom. The summed E-state index contributed by atoms with van der Waals surface area (Å²) in [4.78, 5) is 27.4. The third-order valence-electron chi connectivity index (χ3n) is 5.41. The molecule has 2 aliphatic rings. The molecule has 33 heavy (non-hydrogen) atoms. The van der Waals surface area contributed by atoms with Crippen molar-refractivity contribution in [3.63, 3.8) is 0 Å². The number of hydrogen-bond acceptors (Lipinski definition) is 6. The normalized spacial score (nSPS) is 17.0. The number of thiocarbonyl (C=S) groups is 1. The summed E-state index contributed by atoms with van der Waals surface area (Å²) >= 11 is 20.4. The molecule has 1 saturated heterocycles. The van der Waals surface area contributed by atoms with Crippen LogP contribution in [0.1, 0.15) is 39.4 Å². The van der Waals surface area contributed by atoms with E-state index >= 15 is 0 Å². The Morgan fingerprint density at radius 3 is 2.85 bits per heavy atom. The van der Waals surface area contributed by atoms with E-state index < -0.39 is 5.91 Å². The van der Waals surface area contributed by atoms with Gasteiger partial charge in [-0.3, -0.25) is 15.0 Å². The first-order valence-electron chi connectivity index (χ1n) is 10.1. The van der Waals surface area contributed by atoms with Crippen molar-refractivity contribution < 1.29 is 14.0 Å². The molecule has 0 saturated carbocycles. The molecule has 0 radical (unpaired) electrons. The third-order valence-corrected chi connectivity index (χ3v) is 8.36. The average Bonchev–Trinajstić information content (AvgIpc) is 3.50. The Morgan fingerprint density at radius 1 is 1.18 bits per heavy atom. The molecule has 2 aromatic heterocycles. The van der Waals surface area contributed by atoms with E-state index in [1.54, 1.807) is 47.7 Å². The summed E-state index contributed by atoms with van der Waals surface area (Å²) in [6, 6.07) is 8.59. The number of thioether (sulfide) groups is 1. The molecule has 5 nitrogen and oxygen atoms in total. The summed E-state index contributed by atoms with van der Waals surface area (Å²) in [5.74, 6) is 0.267. The molecule has 0 bridgehead atoms. The van der Waals surface area contributed by atoms with Gasteiger partial charge in [-0.1, -0.05) is 35.0 Å². The van der Waals surface area contributed by atoms with Crippen molar-refractivity contribution in [2.75, 3.05) is 0 Å². The second-order valence-electron chi connectivity index (χ2n) is 7.54. The van der Waals surface area contributed by atoms with Crippen molar-refractivity contribution in [1.82, 2.24) is 10.4 Å². The number of amides is 2. The van der Waals surface area contributed by atoms with Gasteiger partial charge >= 0.3 is 0 Å². The predicted octanol–water partition coefficient (Wildman–Crippen LogP) is 6.74. The largest absolute Gasteiger partial charge is 0.457 e. The van der Waals surface area contributed by atoms with E-state index in [9.17, 15) is 9.59 Å². The van der Waals surface area contributed by atoms with Gasteiger partial charge in [0, 0.05) is 26.9 Å². The highest BCUT2D eigenvalue weighted by atomic mass is 35.5. The van der Waals surface area contributed by atoms with Gasteiger partial charge in [-0.15, -0.1) is 11.3 Å².